The van der Waals surface area contributed by atoms with Crippen LogP contribution in [-0.4, -0.2) is 44.9 Å². The van der Waals surface area contributed by atoms with Crippen LogP contribution in [0.2, 0.25) is 0 Å². The van der Waals surface area contributed by atoms with Crippen molar-refractivity contribution in [1.29, 1.82) is 0 Å². The average molecular weight is 421 g/mol. The predicted octanol–water partition coefficient (Wildman–Crippen LogP) is 2.71. The zero-order chi connectivity index (χ0) is 20.7. The molecular weight excluding hydrogens is 392 g/mol. The molecule has 1 aromatic carbocycles. The van der Waals surface area contributed by atoms with Gasteiger partial charge >= 0.3 is 0 Å². The second-order valence-corrected chi connectivity index (χ2v) is 9.21. The number of rotatable bonds is 9. The van der Waals surface area contributed by atoms with Crippen molar-refractivity contribution in [1.82, 2.24) is 9.62 Å². The van der Waals surface area contributed by atoms with E-state index in [1.165, 1.54) is 4.31 Å². The Balaban J connectivity index is 1.36. The number of nitrogens with one attached hydrogen (secondary N) is 1. The molecule has 1 N–H and O–H groups in total. The molecule has 0 unspecified atom stereocenters. The van der Waals surface area contributed by atoms with Crippen LogP contribution >= 0.6 is 0 Å². The fourth-order valence-corrected chi connectivity index (χ4v) is 4.78. The minimum absolute atomic E-state index is 0.0107. The Bertz CT molecular complexity index is 870. The Morgan fingerprint density at radius 3 is 2.59 bits per heavy atom. The van der Waals surface area contributed by atoms with E-state index in [4.69, 9.17) is 9.15 Å². The molecule has 0 bridgehead atoms. The maximum absolute atomic E-state index is 12.7. The highest BCUT2D eigenvalue weighted by Crippen LogP contribution is 2.24. The van der Waals surface area contributed by atoms with Crippen molar-refractivity contribution >= 4 is 15.9 Å². The van der Waals surface area contributed by atoms with Gasteiger partial charge in [0.15, 0.2) is 0 Å². The van der Waals surface area contributed by atoms with Gasteiger partial charge in [0.2, 0.25) is 15.9 Å². The van der Waals surface area contributed by atoms with Gasteiger partial charge in [-0.05, 0) is 50.5 Å². The molecule has 8 heteroatoms. The fourth-order valence-electron chi connectivity index (χ4n) is 3.32. The van der Waals surface area contributed by atoms with Crippen LogP contribution in [0.25, 0.3) is 0 Å². The van der Waals surface area contributed by atoms with Crippen molar-refractivity contribution < 1.29 is 22.4 Å². The summed E-state index contributed by atoms with van der Waals surface area (Å²) in [6.07, 6.45) is 3.39. The first-order valence-electron chi connectivity index (χ1n) is 9.91. The predicted molar refractivity (Wildman–Crippen MR) is 109 cm³/mol. The number of sulfonamides is 1. The van der Waals surface area contributed by atoms with E-state index in [1.807, 2.05) is 19.1 Å². The molecule has 7 nitrogen and oxygen atoms in total. The summed E-state index contributed by atoms with van der Waals surface area (Å²) < 4.78 is 37.6. The normalized spacial score (nSPS) is 16.0. The number of carbonyl (C=O) groups excluding carboxylic acids is 1. The van der Waals surface area contributed by atoms with Crippen molar-refractivity contribution in [2.75, 3.05) is 26.2 Å². The van der Waals surface area contributed by atoms with E-state index < -0.39 is 10.0 Å². The Morgan fingerprint density at radius 2 is 1.93 bits per heavy atom. The average Bonchev–Trinajstić information content (AvgIpc) is 3.24. The number of furan rings is 1. The zero-order valence-electron chi connectivity index (χ0n) is 16.7. The molecule has 0 spiro atoms. The van der Waals surface area contributed by atoms with E-state index in [2.05, 4.69) is 5.32 Å². The molecule has 1 saturated heterocycles. The molecule has 1 aliphatic heterocycles. The zero-order valence-corrected chi connectivity index (χ0v) is 17.5. The number of ether oxygens (including phenoxy) is 1. The van der Waals surface area contributed by atoms with Gasteiger partial charge in [-0.2, -0.15) is 4.31 Å². The van der Waals surface area contributed by atoms with Gasteiger partial charge in [-0.3, -0.25) is 4.79 Å². The Morgan fingerprint density at radius 1 is 1.21 bits per heavy atom. The lowest BCUT2D eigenvalue weighted by Crippen LogP contribution is -2.43. The van der Waals surface area contributed by atoms with E-state index in [0.29, 0.717) is 57.0 Å². The first-order chi connectivity index (χ1) is 14.0. The molecule has 29 heavy (non-hydrogen) atoms. The standard InChI is InChI=1S/C21H28N2O5S/c1-17-5-7-20(8-6-17)29(25,26)23-12-9-18(10-13-23)21(24)22-11-3-14-27-16-19-4-2-15-28-19/h2,4-8,15,18H,3,9-14,16H2,1H3,(H,22,24). The molecule has 1 fully saturated rings. The SMILES string of the molecule is Cc1ccc(S(=O)(=O)N2CCC(C(=O)NCCCOCc3ccco3)CC2)cc1. The molecule has 0 atom stereocenters. The highest BCUT2D eigenvalue weighted by molar-refractivity contribution is 7.89. The number of benzene rings is 1. The summed E-state index contributed by atoms with van der Waals surface area (Å²) in [6, 6.07) is 10.5. The highest BCUT2D eigenvalue weighted by atomic mass is 32.2. The van der Waals surface area contributed by atoms with Crippen LogP contribution in [0.1, 0.15) is 30.6 Å². The summed E-state index contributed by atoms with van der Waals surface area (Å²) in [5.41, 5.74) is 1.02. The summed E-state index contributed by atoms with van der Waals surface area (Å²) in [5, 5.41) is 2.93. The molecule has 3 rings (SSSR count). The molecular formula is C21H28N2O5S. The molecule has 0 saturated carbocycles. The van der Waals surface area contributed by atoms with Crippen molar-refractivity contribution in [2.24, 2.45) is 5.92 Å². The molecule has 0 radical (unpaired) electrons. The molecule has 1 aliphatic rings. The summed E-state index contributed by atoms with van der Waals surface area (Å²) in [6.45, 7) is 4.15. The Labute approximate surface area is 172 Å². The van der Waals surface area contributed by atoms with Gasteiger partial charge in [-0.25, -0.2) is 8.42 Å². The Hall–Kier alpha value is -2.16. The molecule has 2 aromatic rings. The quantitative estimate of drug-likeness (QED) is 0.630. The summed E-state index contributed by atoms with van der Waals surface area (Å²) in [4.78, 5) is 12.7. The lowest BCUT2D eigenvalue weighted by molar-refractivity contribution is -0.126. The number of hydrogen-bond acceptors (Lipinski definition) is 5. The third kappa shape index (κ3) is 5.91. The Kier molecular flexibility index (Phi) is 7.46. The van der Waals surface area contributed by atoms with Gasteiger partial charge in [0, 0.05) is 32.2 Å². The summed E-state index contributed by atoms with van der Waals surface area (Å²) in [7, 11) is -3.50. The van der Waals surface area contributed by atoms with E-state index in [9.17, 15) is 13.2 Å². The van der Waals surface area contributed by atoms with Crippen LogP contribution in [0.15, 0.2) is 52.0 Å². The van der Waals surface area contributed by atoms with Gasteiger partial charge in [0.25, 0.3) is 0 Å². The highest BCUT2D eigenvalue weighted by Gasteiger charge is 2.31. The van der Waals surface area contributed by atoms with Crippen LogP contribution in [0.3, 0.4) is 0 Å². The summed E-state index contributed by atoms with van der Waals surface area (Å²) in [5.74, 6) is 0.619. The lowest BCUT2D eigenvalue weighted by Gasteiger charge is -2.30. The molecule has 1 aromatic heterocycles. The number of hydrogen-bond donors (Lipinski definition) is 1. The van der Waals surface area contributed by atoms with Crippen molar-refractivity contribution in [3.8, 4) is 0 Å². The van der Waals surface area contributed by atoms with Gasteiger partial charge in [0.1, 0.15) is 12.4 Å². The number of nitrogens with zero attached hydrogens (tertiary/aromatic N) is 1. The molecule has 2 heterocycles. The molecule has 0 aliphatic carbocycles. The van der Waals surface area contributed by atoms with Crippen LogP contribution < -0.4 is 5.32 Å². The van der Waals surface area contributed by atoms with Crippen molar-refractivity contribution in [3.05, 3.63) is 54.0 Å². The monoisotopic (exact) mass is 420 g/mol. The first-order valence-corrected chi connectivity index (χ1v) is 11.4. The number of aryl methyl sites for hydroxylation is 1. The minimum Gasteiger partial charge on any atom is -0.467 e. The fraction of sp³-hybridized carbons (Fsp3) is 0.476. The topological polar surface area (TPSA) is 88.9 Å². The number of amides is 1. The van der Waals surface area contributed by atoms with Crippen LogP contribution in [0, 0.1) is 12.8 Å². The van der Waals surface area contributed by atoms with Gasteiger partial charge in [-0.1, -0.05) is 17.7 Å². The largest absolute Gasteiger partial charge is 0.467 e. The van der Waals surface area contributed by atoms with E-state index >= 15 is 0 Å². The van der Waals surface area contributed by atoms with E-state index in [0.717, 1.165) is 11.3 Å². The van der Waals surface area contributed by atoms with E-state index in [-0.39, 0.29) is 11.8 Å². The smallest absolute Gasteiger partial charge is 0.243 e. The molecule has 1 amide bonds. The summed E-state index contributed by atoms with van der Waals surface area (Å²) >= 11 is 0. The minimum atomic E-state index is -3.50. The third-order valence-corrected chi connectivity index (χ3v) is 6.99. The van der Waals surface area contributed by atoms with Crippen LogP contribution in [-0.2, 0) is 26.2 Å². The number of piperidine rings is 1. The van der Waals surface area contributed by atoms with Crippen LogP contribution in [0.4, 0.5) is 0 Å². The third-order valence-electron chi connectivity index (χ3n) is 5.07. The van der Waals surface area contributed by atoms with E-state index in [1.54, 1.807) is 30.5 Å². The van der Waals surface area contributed by atoms with Crippen molar-refractivity contribution in [2.45, 2.75) is 37.7 Å². The maximum atomic E-state index is 12.7. The van der Waals surface area contributed by atoms with Gasteiger partial charge < -0.3 is 14.5 Å². The first kappa shape index (κ1) is 21.5. The number of carbonyl (C=O) groups is 1. The lowest BCUT2D eigenvalue weighted by atomic mass is 9.97. The second-order valence-electron chi connectivity index (χ2n) is 7.27. The van der Waals surface area contributed by atoms with Gasteiger partial charge in [0.05, 0.1) is 11.2 Å². The van der Waals surface area contributed by atoms with Crippen molar-refractivity contribution in [3.63, 3.8) is 0 Å². The van der Waals surface area contributed by atoms with Crippen LogP contribution in [0.5, 0.6) is 0 Å². The maximum Gasteiger partial charge on any atom is 0.243 e. The van der Waals surface area contributed by atoms with Gasteiger partial charge in [-0.15, -0.1) is 0 Å². The second kappa shape index (κ2) is 10.0. The molecule has 158 valence electrons.